The van der Waals surface area contributed by atoms with E-state index >= 15 is 0 Å². The molecule has 0 bridgehead atoms. The number of hydrogen-bond acceptors (Lipinski definition) is 3. The van der Waals surface area contributed by atoms with Crippen molar-refractivity contribution >= 4 is 34.1 Å². The van der Waals surface area contributed by atoms with Crippen LogP contribution < -0.4 is 10.2 Å². The van der Waals surface area contributed by atoms with Gasteiger partial charge >= 0.3 is 6.03 Å². The van der Waals surface area contributed by atoms with Crippen LogP contribution in [0.4, 0.5) is 20.7 Å². The molecule has 31 heavy (non-hydrogen) atoms. The second-order valence-electron chi connectivity index (χ2n) is 7.75. The average Bonchev–Trinajstić information content (AvgIpc) is 3.29. The summed E-state index contributed by atoms with van der Waals surface area (Å²) in [4.78, 5) is 21.6. The Labute approximate surface area is 179 Å². The largest absolute Gasteiger partial charge is 0.351 e. The van der Waals surface area contributed by atoms with E-state index in [-0.39, 0.29) is 11.8 Å². The molecule has 5 rings (SSSR count). The van der Waals surface area contributed by atoms with Crippen molar-refractivity contribution in [2.45, 2.75) is 13.3 Å². The number of anilines is 2. The molecule has 4 aromatic rings. The molecular weight excluding hydrogens is 393 g/mol. The third kappa shape index (κ3) is 3.56. The molecule has 158 valence electrons. The van der Waals surface area contributed by atoms with Gasteiger partial charge in [-0.25, -0.2) is 14.2 Å². The maximum atomic E-state index is 13.8. The number of piperazine rings is 1. The third-order valence-corrected chi connectivity index (χ3v) is 5.91. The summed E-state index contributed by atoms with van der Waals surface area (Å²) in [6.07, 6.45) is 2.83. The molecule has 0 unspecified atom stereocenters. The molecule has 2 aromatic carbocycles. The number of benzene rings is 2. The van der Waals surface area contributed by atoms with E-state index in [0.717, 1.165) is 34.5 Å². The first kappa shape index (κ1) is 19.4. The van der Waals surface area contributed by atoms with E-state index in [0.29, 0.717) is 31.7 Å². The molecular formula is C24H24FN5O. The number of urea groups is 1. The van der Waals surface area contributed by atoms with Crippen molar-refractivity contribution in [3.63, 3.8) is 0 Å². The molecule has 0 aliphatic carbocycles. The van der Waals surface area contributed by atoms with E-state index in [1.165, 1.54) is 12.1 Å². The van der Waals surface area contributed by atoms with Crippen molar-refractivity contribution < 1.29 is 9.18 Å². The lowest BCUT2D eigenvalue weighted by Gasteiger charge is -2.35. The van der Waals surface area contributed by atoms with Gasteiger partial charge in [-0.1, -0.05) is 25.1 Å². The number of aromatic nitrogens is 2. The second-order valence-corrected chi connectivity index (χ2v) is 7.75. The monoisotopic (exact) mass is 417 g/mol. The zero-order valence-corrected chi connectivity index (χ0v) is 17.4. The van der Waals surface area contributed by atoms with Crippen molar-refractivity contribution in [3.8, 4) is 0 Å². The van der Waals surface area contributed by atoms with Gasteiger partial charge in [-0.3, -0.25) is 0 Å². The zero-order valence-electron chi connectivity index (χ0n) is 17.4. The van der Waals surface area contributed by atoms with E-state index in [4.69, 9.17) is 4.98 Å². The Kier molecular flexibility index (Phi) is 4.94. The number of rotatable bonds is 3. The van der Waals surface area contributed by atoms with Gasteiger partial charge in [0.15, 0.2) is 5.82 Å². The molecule has 7 heteroatoms. The molecule has 0 radical (unpaired) electrons. The molecule has 0 saturated carbocycles. The van der Waals surface area contributed by atoms with Crippen molar-refractivity contribution in [1.82, 2.24) is 14.3 Å². The first-order chi connectivity index (χ1) is 15.1. The average molecular weight is 417 g/mol. The van der Waals surface area contributed by atoms with Gasteiger partial charge in [0.1, 0.15) is 5.82 Å². The number of para-hydroxylation sites is 1. The van der Waals surface area contributed by atoms with Gasteiger partial charge in [-0.05, 0) is 42.3 Å². The summed E-state index contributed by atoms with van der Waals surface area (Å²) in [6, 6.07) is 16.5. The molecule has 1 N–H and O–H groups in total. The van der Waals surface area contributed by atoms with Crippen LogP contribution in [0.15, 0.2) is 60.8 Å². The van der Waals surface area contributed by atoms with Gasteiger partial charge in [0.2, 0.25) is 0 Å². The highest BCUT2D eigenvalue weighted by atomic mass is 19.1. The van der Waals surface area contributed by atoms with Crippen molar-refractivity contribution in [3.05, 3.63) is 72.2 Å². The fourth-order valence-electron chi connectivity index (χ4n) is 4.23. The Morgan fingerprint density at radius 2 is 1.84 bits per heavy atom. The quantitative estimate of drug-likeness (QED) is 0.532. The smallest absolute Gasteiger partial charge is 0.321 e. The number of hydrogen-bond donors (Lipinski definition) is 1. The van der Waals surface area contributed by atoms with Crippen LogP contribution in [0.2, 0.25) is 0 Å². The predicted octanol–water partition coefficient (Wildman–Crippen LogP) is 4.54. The highest BCUT2D eigenvalue weighted by Crippen LogP contribution is 2.27. The lowest BCUT2D eigenvalue weighted by atomic mass is 10.1. The molecule has 2 aromatic heterocycles. The molecule has 6 nitrogen and oxygen atoms in total. The Balaban J connectivity index is 1.35. The Morgan fingerprint density at radius 3 is 2.65 bits per heavy atom. The first-order valence-corrected chi connectivity index (χ1v) is 10.6. The Bertz CT molecular complexity index is 1260. The molecule has 0 atom stereocenters. The van der Waals surface area contributed by atoms with Gasteiger partial charge in [0.25, 0.3) is 0 Å². The van der Waals surface area contributed by atoms with Gasteiger partial charge in [-0.2, -0.15) is 0 Å². The summed E-state index contributed by atoms with van der Waals surface area (Å²) in [5.41, 5.74) is 4.46. The fourth-order valence-corrected chi connectivity index (χ4v) is 4.23. The summed E-state index contributed by atoms with van der Waals surface area (Å²) < 4.78 is 15.8. The van der Waals surface area contributed by atoms with Crippen LogP contribution in [0, 0.1) is 5.82 Å². The van der Waals surface area contributed by atoms with Crippen molar-refractivity contribution in [2.24, 2.45) is 0 Å². The molecule has 1 aliphatic heterocycles. The summed E-state index contributed by atoms with van der Waals surface area (Å²) >= 11 is 0. The minimum atomic E-state index is -0.300. The van der Waals surface area contributed by atoms with Gasteiger partial charge in [0.05, 0.1) is 16.6 Å². The molecule has 1 aliphatic rings. The SMILES string of the molecule is CCc1ccccc1NC(=O)N1CCN(c2nc3cc(F)ccc3n3cccc23)CC1. The maximum Gasteiger partial charge on any atom is 0.321 e. The Morgan fingerprint density at radius 1 is 1.03 bits per heavy atom. The van der Waals surface area contributed by atoms with Crippen molar-refractivity contribution in [1.29, 1.82) is 0 Å². The van der Waals surface area contributed by atoms with Gasteiger partial charge in [-0.15, -0.1) is 0 Å². The topological polar surface area (TPSA) is 52.9 Å². The predicted molar refractivity (Wildman–Crippen MR) is 121 cm³/mol. The number of halogens is 1. The molecule has 3 heterocycles. The number of carbonyl (C=O) groups is 1. The lowest BCUT2D eigenvalue weighted by Crippen LogP contribution is -2.50. The number of nitrogens with zero attached hydrogens (tertiary/aromatic N) is 4. The van der Waals surface area contributed by atoms with E-state index in [1.807, 2.05) is 51.9 Å². The minimum absolute atomic E-state index is 0.0816. The molecule has 2 amide bonds. The number of fused-ring (bicyclic) bond motifs is 3. The minimum Gasteiger partial charge on any atom is -0.351 e. The van der Waals surface area contributed by atoms with E-state index in [2.05, 4.69) is 17.1 Å². The highest BCUT2D eigenvalue weighted by molar-refractivity contribution is 5.90. The zero-order chi connectivity index (χ0) is 21.4. The molecule has 0 spiro atoms. The van der Waals surface area contributed by atoms with Gasteiger partial charge < -0.3 is 19.5 Å². The fraction of sp³-hybridized carbons (Fsp3) is 0.250. The van der Waals surface area contributed by atoms with Crippen LogP contribution in [0.5, 0.6) is 0 Å². The van der Waals surface area contributed by atoms with Gasteiger partial charge in [0, 0.05) is 44.1 Å². The molecule has 1 saturated heterocycles. The normalized spacial score (nSPS) is 14.4. The second kappa shape index (κ2) is 7.91. The summed E-state index contributed by atoms with van der Waals surface area (Å²) in [5, 5.41) is 3.05. The third-order valence-electron chi connectivity index (χ3n) is 5.91. The summed E-state index contributed by atoms with van der Waals surface area (Å²) in [6.45, 7) is 4.59. The molecule has 1 fully saturated rings. The van der Waals surface area contributed by atoms with Crippen molar-refractivity contribution in [2.75, 3.05) is 36.4 Å². The van der Waals surface area contributed by atoms with Crippen LogP contribution in [0.25, 0.3) is 16.6 Å². The van der Waals surface area contributed by atoms with E-state index in [9.17, 15) is 9.18 Å². The van der Waals surface area contributed by atoms with Crippen LogP contribution >= 0.6 is 0 Å². The number of aryl methyl sites for hydroxylation is 1. The number of amides is 2. The number of nitrogens with one attached hydrogen (secondary N) is 1. The standard InChI is InChI=1S/C24H24FN5O/c1-2-17-6-3-4-7-19(17)27-24(31)29-14-12-28(13-15-29)23-22-8-5-11-30(22)21-10-9-18(25)16-20(21)26-23/h3-11,16H,2,12-15H2,1H3,(H,27,31). The van der Waals surface area contributed by atoms with Crippen LogP contribution in [-0.4, -0.2) is 46.5 Å². The first-order valence-electron chi connectivity index (χ1n) is 10.6. The lowest BCUT2D eigenvalue weighted by molar-refractivity contribution is 0.208. The number of carbonyl (C=O) groups excluding carboxylic acids is 1. The van der Waals surface area contributed by atoms with E-state index < -0.39 is 0 Å². The summed E-state index contributed by atoms with van der Waals surface area (Å²) in [5.74, 6) is 0.519. The Hall–Kier alpha value is -3.61. The summed E-state index contributed by atoms with van der Waals surface area (Å²) in [7, 11) is 0. The maximum absolute atomic E-state index is 13.8. The van der Waals surface area contributed by atoms with Crippen LogP contribution in [0.3, 0.4) is 0 Å². The van der Waals surface area contributed by atoms with Crippen LogP contribution in [0.1, 0.15) is 12.5 Å². The highest BCUT2D eigenvalue weighted by Gasteiger charge is 2.24. The van der Waals surface area contributed by atoms with Crippen LogP contribution in [-0.2, 0) is 6.42 Å². The van der Waals surface area contributed by atoms with E-state index in [1.54, 1.807) is 6.07 Å².